The van der Waals surface area contributed by atoms with Gasteiger partial charge in [0.1, 0.15) is 0 Å². The second kappa shape index (κ2) is 3.66. The molecule has 5 nitrogen and oxygen atoms in total. The van der Waals surface area contributed by atoms with Gasteiger partial charge in [0.2, 0.25) is 5.91 Å². The molecule has 0 bridgehead atoms. The molecule has 0 spiro atoms. The number of aromatic carboxylic acids is 1. The Balaban J connectivity index is 2.91. The number of carboxylic acid groups (broad SMARTS) is 1. The first-order chi connectivity index (χ1) is 6.09. The summed E-state index contributed by atoms with van der Waals surface area (Å²) in [4.78, 5) is 24.8. The van der Waals surface area contributed by atoms with E-state index in [-0.39, 0.29) is 11.5 Å². The molecule has 1 amide bonds. The van der Waals surface area contributed by atoms with E-state index >= 15 is 0 Å². The molecular weight excluding hydrogens is 172 g/mol. The number of carbonyl (C=O) groups excluding carboxylic acids is 1. The summed E-state index contributed by atoms with van der Waals surface area (Å²) >= 11 is 0. The number of nitrogens with zero attached hydrogens (tertiary/aromatic N) is 1. The summed E-state index contributed by atoms with van der Waals surface area (Å²) in [5.41, 5.74) is 0.429. The summed E-state index contributed by atoms with van der Waals surface area (Å²) in [6.07, 6.45) is 2.60. The van der Waals surface area contributed by atoms with Crippen LogP contribution in [0.15, 0.2) is 18.5 Å². The minimum Gasteiger partial charge on any atom is -0.478 e. The standard InChI is InChI=1S/C8H8N2O3/c1-5(11)10-7-2-6(8(12)13)3-9-4-7/h2-4H,1H3,(H,10,11)(H,12,13). The highest BCUT2D eigenvalue weighted by molar-refractivity contribution is 5.92. The lowest BCUT2D eigenvalue weighted by Gasteiger charge is -2.01. The van der Waals surface area contributed by atoms with Gasteiger partial charge in [-0.15, -0.1) is 0 Å². The molecule has 2 N–H and O–H groups in total. The van der Waals surface area contributed by atoms with Gasteiger partial charge in [0.15, 0.2) is 0 Å². The molecule has 0 aromatic carbocycles. The monoisotopic (exact) mass is 180 g/mol. The minimum absolute atomic E-state index is 0.0475. The molecule has 1 heterocycles. The van der Waals surface area contributed by atoms with E-state index in [1.165, 1.54) is 25.4 Å². The van der Waals surface area contributed by atoms with Crippen LogP contribution in [0, 0.1) is 0 Å². The first-order valence-electron chi connectivity index (χ1n) is 3.55. The number of nitrogens with one attached hydrogen (secondary N) is 1. The lowest BCUT2D eigenvalue weighted by atomic mass is 10.2. The van der Waals surface area contributed by atoms with Crippen LogP contribution in [0.1, 0.15) is 17.3 Å². The van der Waals surface area contributed by atoms with Gasteiger partial charge in [-0.3, -0.25) is 9.78 Å². The maximum absolute atomic E-state index is 10.6. The Kier molecular flexibility index (Phi) is 2.59. The van der Waals surface area contributed by atoms with Gasteiger partial charge in [-0.2, -0.15) is 0 Å². The molecule has 0 atom stereocenters. The molecule has 1 aromatic rings. The molecule has 0 fully saturated rings. The van der Waals surface area contributed by atoms with Gasteiger partial charge in [-0.05, 0) is 6.07 Å². The van der Waals surface area contributed by atoms with Crippen molar-refractivity contribution in [2.75, 3.05) is 5.32 Å². The Hall–Kier alpha value is -1.91. The number of anilines is 1. The Morgan fingerprint density at radius 3 is 2.69 bits per heavy atom. The summed E-state index contributed by atoms with van der Waals surface area (Å²) in [6, 6.07) is 1.34. The van der Waals surface area contributed by atoms with Crippen molar-refractivity contribution < 1.29 is 14.7 Å². The summed E-state index contributed by atoms with van der Waals surface area (Å²) in [5.74, 6) is -1.33. The molecule has 0 unspecified atom stereocenters. The summed E-state index contributed by atoms with van der Waals surface area (Å²) in [7, 11) is 0. The lowest BCUT2D eigenvalue weighted by Crippen LogP contribution is -2.07. The van der Waals surface area contributed by atoms with Crippen molar-refractivity contribution in [2.45, 2.75) is 6.92 Å². The van der Waals surface area contributed by atoms with E-state index in [9.17, 15) is 9.59 Å². The second-order valence-corrected chi connectivity index (χ2v) is 2.45. The zero-order chi connectivity index (χ0) is 9.84. The Morgan fingerprint density at radius 2 is 2.15 bits per heavy atom. The first kappa shape index (κ1) is 9.18. The molecule has 0 saturated heterocycles. The molecule has 0 radical (unpaired) electrons. The average Bonchev–Trinajstić information content (AvgIpc) is 2.03. The van der Waals surface area contributed by atoms with Crippen molar-refractivity contribution in [3.05, 3.63) is 24.0 Å². The summed E-state index contributed by atoms with van der Waals surface area (Å²) in [5, 5.41) is 11.0. The number of aromatic nitrogens is 1. The summed E-state index contributed by atoms with van der Waals surface area (Å²) < 4.78 is 0. The molecule has 68 valence electrons. The van der Waals surface area contributed by atoms with Crippen LogP contribution in [0.3, 0.4) is 0 Å². The smallest absolute Gasteiger partial charge is 0.337 e. The molecular formula is C8H8N2O3. The zero-order valence-electron chi connectivity index (χ0n) is 6.94. The highest BCUT2D eigenvalue weighted by Crippen LogP contribution is 2.07. The topological polar surface area (TPSA) is 79.3 Å². The molecule has 13 heavy (non-hydrogen) atoms. The predicted octanol–water partition coefficient (Wildman–Crippen LogP) is 0.738. The van der Waals surface area contributed by atoms with Crippen LogP contribution >= 0.6 is 0 Å². The fourth-order valence-electron chi connectivity index (χ4n) is 0.829. The van der Waals surface area contributed by atoms with E-state index in [0.717, 1.165) is 0 Å². The van der Waals surface area contributed by atoms with E-state index in [1.54, 1.807) is 0 Å². The minimum atomic E-state index is -1.07. The number of hydrogen-bond acceptors (Lipinski definition) is 3. The third-order valence-corrected chi connectivity index (χ3v) is 1.31. The number of rotatable bonds is 2. The Morgan fingerprint density at radius 1 is 1.46 bits per heavy atom. The molecule has 0 saturated carbocycles. The van der Waals surface area contributed by atoms with Crippen LogP contribution in [0.4, 0.5) is 5.69 Å². The van der Waals surface area contributed by atoms with Crippen LogP contribution in [0.25, 0.3) is 0 Å². The molecule has 0 aliphatic carbocycles. The molecule has 0 aliphatic heterocycles. The second-order valence-electron chi connectivity index (χ2n) is 2.45. The maximum atomic E-state index is 10.6. The third-order valence-electron chi connectivity index (χ3n) is 1.31. The first-order valence-corrected chi connectivity index (χ1v) is 3.55. The highest BCUT2D eigenvalue weighted by atomic mass is 16.4. The van der Waals surface area contributed by atoms with Crippen molar-refractivity contribution in [2.24, 2.45) is 0 Å². The normalized spacial score (nSPS) is 9.31. The average molecular weight is 180 g/mol. The van der Waals surface area contributed by atoms with Gasteiger partial charge >= 0.3 is 5.97 Å². The van der Waals surface area contributed by atoms with Crippen molar-refractivity contribution in [1.29, 1.82) is 0 Å². The number of pyridine rings is 1. The lowest BCUT2D eigenvalue weighted by molar-refractivity contribution is -0.114. The summed E-state index contributed by atoms with van der Waals surface area (Å²) in [6.45, 7) is 1.34. The van der Waals surface area contributed by atoms with E-state index in [1.807, 2.05) is 0 Å². The quantitative estimate of drug-likeness (QED) is 0.703. The SMILES string of the molecule is CC(=O)Nc1cncc(C(=O)O)c1. The van der Waals surface area contributed by atoms with Crippen molar-refractivity contribution in [3.8, 4) is 0 Å². The van der Waals surface area contributed by atoms with Crippen molar-refractivity contribution >= 4 is 17.6 Å². The zero-order valence-corrected chi connectivity index (χ0v) is 6.94. The third kappa shape index (κ3) is 2.55. The Bertz CT molecular complexity index is 349. The van der Waals surface area contributed by atoms with Crippen LogP contribution < -0.4 is 5.32 Å². The van der Waals surface area contributed by atoms with E-state index in [2.05, 4.69) is 10.3 Å². The van der Waals surface area contributed by atoms with Gasteiger partial charge in [-0.25, -0.2) is 4.79 Å². The van der Waals surface area contributed by atoms with E-state index < -0.39 is 5.97 Å². The molecule has 0 aliphatic rings. The van der Waals surface area contributed by atoms with Crippen LogP contribution in [-0.4, -0.2) is 22.0 Å². The van der Waals surface area contributed by atoms with E-state index in [4.69, 9.17) is 5.11 Å². The van der Waals surface area contributed by atoms with Gasteiger partial charge in [0, 0.05) is 13.1 Å². The number of amides is 1. The van der Waals surface area contributed by atoms with Crippen molar-refractivity contribution in [1.82, 2.24) is 4.98 Å². The van der Waals surface area contributed by atoms with Crippen molar-refractivity contribution in [3.63, 3.8) is 0 Å². The van der Waals surface area contributed by atoms with Gasteiger partial charge in [0.25, 0.3) is 0 Å². The molecule has 5 heteroatoms. The van der Waals surface area contributed by atoms with Crippen LogP contribution in [-0.2, 0) is 4.79 Å². The number of hydrogen-bond donors (Lipinski definition) is 2. The molecule has 1 rings (SSSR count). The maximum Gasteiger partial charge on any atom is 0.337 e. The predicted molar refractivity (Wildman–Crippen MR) is 45.5 cm³/mol. The fraction of sp³-hybridized carbons (Fsp3) is 0.125. The van der Waals surface area contributed by atoms with Gasteiger partial charge < -0.3 is 10.4 Å². The fourth-order valence-corrected chi connectivity index (χ4v) is 0.829. The van der Waals surface area contributed by atoms with E-state index in [0.29, 0.717) is 5.69 Å². The Labute approximate surface area is 74.4 Å². The van der Waals surface area contributed by atoms with Gasteiger partial charge in [-0.1, -0.05) is 0 Å². The number of carbonyl (C=O) groups is 2. The largest absolute Gasteiger partial charge is 0.478 e. The van der Waals surface area contributed by atoms with Crippen LogP contribution in [0.5, 0.6) is 0 Å². The molecule has 1 aromatic heterocycles. The highest BCUT2D eigenvalue weighted by Gasteiger charge is 2.04. The van der Waals surface area contributed by atoms with Gasteiger partial charge in [0.05, 0.1) is 17.4 Å². The number of carboxylic acids is 1. The van der Waals surface area contributed by atoms with Crippen LogP contribution in [0.2, 0.25) is 0 Å².